The van der Waals surface area contributed by atoms with Crippen LogP contribution in [0, 0.1) is 11.8 Å². The topological polar surface area (TPSA) is 39.4 Å². The van der Waals surface area contributed by atoms with Crippen LogP contribution < -0.4 is 10.2 Å². The zero-order valence-corrected chi connectivity index (χ0v) is 13.7. The van der Waals surface area contributed by atoms with Gasteiger partial charge in [0, 0.05) is 25.3 Å². The predicted molar refractivity (Wildman–Crippen MR) is 92.5 cm³/mol. The van der Waals surface area contributed by atoms with Crippen molar-refractivity contribution >= 4 is 0 Å². The maximum Gasteiger partial charge on any atom is 0.288 e. The van der Waals surface area contributed by atoms with Gasteiger partial charge in [0.2, 0.25) is 0 Å². The summed E-state index contributed by atoms with van der Waals surface area (Å²) >= 11 is 0. The number of hydrogen-bond acceptors (Lipinski definition) is 3. The summed E-state index contributed by atoms with van der Waals surface area (Å²) < 4.78 is 11.6. The Labute approximate surface area is 138 Å². The summed E-state index contributed by atoms with van der Waals surface area (Å²) in [5, 5.41) is 0. The van der Waals surface area contributed by atoms with Crippen LogP contribution in [-0.2, 0) is 6.42 Å². The summed E-state index contributed by atoms with van der Waals surface area (Å²) in [7, 11) is 0. The van der Waals surface area contributed by atoms with E-state index in [0.29, 0.717) is 24.5 Å². The molecular weight excluding hydrogens is 288 g/mol. The maximum absolute atomic E-state index is 11.8. The lowest BCUT2D eigenvalue weighted by molar-refractivity contribution is 0.138. The van der Waals surface area contributed by atoms with E-state index in [9.17, 15) is 4.79 Å². The largest absolute Gasteiger partial charge is 0.462 e. The molecule has 0 saturated carbocycles. The zero-order chi connectivity index (χ0) is 16.3. The van der Waals surface area contributed by atoms with E-state index in [2.05, 4.69) is 43.1 Å². The van der Waals surface area contributed by atoms with E-state index in [1.807, 2.05) is 0 Å². The molecule has 2 heterocycles. The second kappa shape index (κ2) is 9.74. The molecule has 3 nitrogen and oxygen atoms in total. The van der Waals surface area contributed by atoms with Gasteiger partial charge in [0.15, 0.2) is 5.43 Å². The molecule has 122 valence electrons. The van der Waals surface area contributed by atoms with Gasteiger partial charge in [-0.05, 0) is 25.7 Å². The number of aryl methyl sites for hydroxylation is 1. The molecule has 23 heavy (non-hydrogen) atoms. The van der Waals surface area contributed by atoms with Crippen LogP contribution in [0.1, 0.15) is 51.2 Å². The summed E-state index contributed by atoms with van der Waals surface area (Å²) in [5.74, 6) is 7.17. The van der Waals surface area contributed by atoms with Crippen molar-refractivity contribution in [3.05, 3.63) is 52.4 Å². The zero-order valence-electron chi connectivity index (χ0n) is 13.7. The molecule has 0 amide bonds. The predicted octanol–water partition coefficient (Wildman–Crippen LogP) is 4.42. The van der Waals surface area contributed by atoms with Crippen molar-refractivity contribution < 1.29 is 9.15 Å². The van der Waals surface area contributed by atoms with Crippen LogP contribution >= 0.6 is 0 Å². The number of hydrogen-bond donors (Lipinski definition) is 0. The molecule has 1 atom stereocenters. The number of rotatable bonds is 1. The average molecular weight is 312 g/mol. The van der Waals surface area contributed by atoms with Crippen LogP contribution in [0.3, 0.4) is 0 Å². The van der Waals surface area contributed by atoms with Gasteiger partial charge in [-0.1, -0.05) is 37.1 Å². The van der Waals surface area contributed by atoms with Gasteiger partial charge < -0.3 is 9.15 Å². The smallest absolute Gasteiger partial charge is 0.288 e. The normalized spacial score (nSPS) is 19.3. The van der Waals surface area contributed by atoms with Crippen molar-refractivity contribution in [2.75, 3.05) is 0 Å². The minimum absolute atomic E-state index is 0.0593. The van der Waals surface area contributed by atoms with Crippen LogP contribution in [-0.4, -0.2) is 6.10 Å². The molecule has 0 spiro atoms. The first-order chi connectivity index (χ1) is 11.3. The molecule has 3 heteroatoms. The Morgan fingerprint density at radius 2 is 2.04 bits per heavy atom. The van der Waals surface area contributed by atoms with Gasteiger partial charge in [0.1, 0.15) is 11.9 Å². The summed E-state index contributed by atoms with van der Waals surface area (Å²) in [6.45, 7) is 2.08. The van der Waals surface area contributed by atoms with Gasteiger partial charge in [-0.3, -0.25) is 4.79 Å². The minimum atomic E-state index is -0.0789. The first kappa shape index (κ1) is 17.1. The minimum Gasteiger partial charge on any atom is -0.462 e. The van der Waals surface area contributed by atoms with E-state index in [1.165, 1.54) is 12.1 Å². The third-order valence-corrected chi connectivity index (χ3v) is 3.64. The molecule has 1 aromatic heterocycles. The van der Waals surface area contributed by atoms with Crippen LogP contribution in [0.4, 0.5) is 0 Å². The first-order valence-corrected chi connectivity index (χ1v) is 8.34. The number of fused-ring (bicyclic) bond motifs is 2. The highest BCUT2D eigenvalue weighted by Crippen LogP contribution is 2.17. The van der Waals surface area contributed by atoms with E-state index < -0.39 is 0 Å². The second-order valence-corrected chi connectivity index (χ2v) is 5.54. The molecule has 2 rings (SSSR count). The highest BCUT2D eigenvalue weighted by atomic mass is 16.6. The fourth-order valence-electron chi connectivity index (χ4n) is 2.36. The van der Waals surface area contributed by atoms with Crippen LogP contribution in [0.2, 0.25) is 0 Å². The molecule has 0 saturated heterocycles. The Bertz CT molecular complexity index is 655. The summed E-state index contributed by atoms with van der Waals surface area (Å²) in [4.78, 5) is 11.8. The first-order valence-electron chi connectivity index (χ1n) is 8.34. The quantitative estimate of drug-likeness (QED) is 0.569. The second-order valence-electron chi connectivity index (χ2n) is 5.54. The lowest BCUT2D eigenvalue weighted by Crippen LogP contribution is -2.16. The Hall–Kier alpha value is -2.21. The monoisotopic (exact) mass is 312 g/mol. The van der Waals surface area contributed by atoms with Crippen molar-refractivity contribution in [1.29, 1.82) is 0 Å². The Morgan fingerprint density at radius 3 is 2.91 bits per heavy atom. The van der Waals surface area contributed by atoms with Gasteiger partial charge in [0.05, 0.1) is 6.07 Å². The standard InChI is InChI=1S/C20H24O3/c1-2-18-13-11-9-7-5-3-4-6-8-10-12-14-19-15-17(21)16-20(22-18)23-19/h3-4,7,9,15-16,18H,2,5-6,11-14H2,1H3. The van der Waals surface area contributed by atoms with Gasteiger partial charge >= 0.3 is 0 Å². The van der Waals surface area contributed by atoms with E-state index in [4.69, 9.17) is 9.15 Å². The third-order valence-electron chi connectivity index (χ3n) is 3.64. The summed E-state index contributed by atoms with van der Waals surface area (Å²) in [5.41, 5.74) is -0.0789. The highest BCUT2D eigenvalue weighted by molar-refractivity contribution is 5.13. The number of ether oxygens (including phenoxy) is 1. The van der Waals surface area contributed by atoms with Gasteiger partial charge in [-0.2, -0.15) is 0 Å². The third kappa shape index (κ3) is 6.61. The molecular formula is C20H24O3. The Morgan fingerprint density at radius 1 is 1.17 bits per heavy atom. The van der Waals surface area contributed by atoms with Crippen molar-refractivity contribution in [2.24, 2.45) is 0 Å². The van der Waals surface area contributed by atoms with E-state index in [1.54, 1.807) is 0 Å². The summed E-state index contributed by atoms with van der Waals surface area (Å²) in [6.07, 6.45) is 14.4. The SMILES string of the molecule is CCC1CCC=CCC=CCC#CCCc2cc(=O)cc(o2)O1. The van der Waals surface area contributed by atoms with Crippen molar-refractivity contribution in [1.82, 2.24) is 0 Å². The molecule has 2 bridgehead atoms. The average Bonchev–Trinajstić information content (AvgIpc) is 2.53. The molecule has 1 unspecified atom stereocenters. The Balaban J connectivity index is 2.15. The van der Waals surface area contributed by atoms with Crippen molar-refractivity contribution in [2.45, 2.75) is 58.0 Å². The van der Waals surface area contributed by atoms with E-state index in [-0.39, 0.29) is 11.5 Å². The van der Waals surface area contributed by atoms with E-state index >= 15 is 0 Å². The lowest BCUT2D eigenvalue weighted by Gasteiger charge is -2.15. The van der Waals surface area contributed by atoms with Crippen molar-refractivity contribution in [3.8, 4) is 17.8 Å². The molecule has 0 aliphatic carbocycles. The highest BCUT2D eigenvalue weighted by Gasteiger charge is 2.10. The fraction of sp³-hybridized carbons (Fsp3) is 0.450. The fourth-order valence-corrected chi connectivity index (χ4v) is 2.36. The Kier molecular flexibility index (Phi) is 7.26. The lowest BCUT2D eigenvalue weighted by atomic mass is 10.1. The molecule has 1 aromatic rings. The molecule has 0 radical (unpaired) electrons. The van der Waals surface area contributed by atoms with Crippen molar-refractivity contribution in [3.63, 3.8) is 0 Å². The van der Waals surface area contributed by atoms with Crippen LogP contribution in [0.15, 0.2) is 45.6 Å². The van der Waals surface area contributed by atoms with Gasteiger partial charge in [-0.25, -0.2) is 0 Å². The van der Waals surface area contributed by atoms with Gasteiger partial charge in [0.25, 0.3) is 5.95 Å². The molecule has 1 aliphatic rings. The van der Waals surface area contributed by atoms with Crippen LogP contribution in [0.5, 0.6) is 5.95 Å². The summed E-state index contributed by atoms with van der Waals surface area (Å²) in [6, 6.07) is 2.94. The number of allylic oxidation sites excluding steroid dienone is 4. The van der Waals surface area contributed by atoms with Crippen LogP contribution in [0.25, 0.3) is 0 Å². The molecule has 1 aliphatic heterocycles. The maximum atomic E-state index is 11.8. The molecule has 0 fully saturated rings. The van der Waals surface area contributed by atoms with E-state index in [0.717, 1.165) is 32.1 Å². The van der Waals surface area contributed by atoms with Gasteiger partial charge in [-0.15, -0.1) is 5.92 Å². The molecule has 0 N–H and O–H groups in total. The molecule has 0 aromatic carbocycles.